The number of nitrogens with zero attached hydrogens (tertiary/aromatic N) is 4. The van der Waals surface area contributed by atoms with Crippen LogP contribution in [-0.2, 0) is 22.6 Å². The molecule has 0 radical (unpaired) electrons. The van der Waals surface area contributed by atoms with Gasteiger partial charge in [0, 0.05) is 6.54 Å². The SMILES string of the molecule is CCCNCc1cn(CC(=O)N2CCOC2=O)nn1. The summed E-state index contributed by atoms with van der Waals surface area (Å²) < 4.78 is 6.13. The molecule has 0 bridgehead atoms. The van der Waals surface area contributed by atoms with Crippen molar-refractivity contribution in [2.24, 2.45) is 0 Å². The van der Waals surface area contributed by atoms with Gasteiger partial charge in [-0.1, -0.05) is 12.1 Å². The van der Waals surface area contributed by atoms with Crippen LogP contribution in [0.2, 0.25) is 0 Å². The van der Waals surface area contributed by atoms with Gasteiger partial charge in [-0.3, -0.25) is 4.79 Å². The first kappa shape index (κ1) is 13.5. The highest BCUT2D eigenvalue weighted by Gasteiger charge is 2.28. The van der Waals surface area contributed by atoms with Crippen LogP contribution in [0.15, 0.2) is 6.20 Å². The maximum Gasteiger partial charge on any atom is 0.416 e. The van der Waals surface area contributed by atoms with E-state index in [1.807, 2.05) is 0 Å². The third-order valence-electron chi connectivity index (χ3n) is 2.68. The van der Waals surface area contributed by atoms with E-state index in [9.17, 15) is 9.59 Å². The summed E-state index contributed by atoms with van der Waals surface area (Å²) in [4.78, 5) is 24.1. The van der Waals surface area contributed by atoms with Crippen LogP contribution < -0.4 is 5.32 Å². The van der Waals surface area contributed by atoms with E-state index in [1.54, 1.807) is 6.20 Å². The minimum atomic E-state index is -0.588. The number of rotatable bonds is 6. The molecule has 8 nitrogen and oxygen atoms in total. The fourth-order valence-corrected chi connectivity index (χ4v) is 1.73. The predicted octanol–water partition coefficient (Wildman–Crippen LogP) is -0.243. The summed E-state index contributed by atoms with van der Waals surface area (Å²) in [5, 5.41) is 11.0. The van der Waals surface area contributed by atoms with Crippen LogP contribution in [-0.4, -0.2) is 51.6 Å². The fourth-order valence-electron chi connectivity index (χ4n) is 1.73. The van der Waals surface area contributed by atoms with Crippen molar-refractivity contribution in [1.29, 1.82) is 0 Å². The van der Waals surface area contributed by atoms with Crippen molar-refractivity contribution >= 4 is 12.0 Å². The monoisotopic (exact) mass is 267 g/mol. The van der Waals surface area contributed by atoms with Crippen molar-refractivity contribution < 1.29 is 14.3 Å². The van der Waals surface area contributed by atoms with Crippen molar-refractivity contribution in [2.75, 3.05) is 19.7 Å². The molecule has 19 heavy (non-hydrogen) atoms. The Morgan fingerprint density at radius 1 is 1.58 bits per heavy atom. The first-order valence-electron chi connectivity index (χ1n) is 6.27. The quantitative estimate of drug-likeness (QED) is 0.715. The van der Waals surface area contributed by atoms with Crippen LogP contribution in [0.5, 0.6) is 0 Å². The summed E-state index contributed by atoms with van der Waals surface area (Å²) in [7, 11) is 0. The number of aromatic nitrogens is 3. The molecule has 0 atom stereocenters. The summed E-state index contributed by atoms with van der Waals surface area (Å²) in [6, 6.07) is 0. The lowest BCUT2D eigenvalue weighted by Crippen LogP contribution is -2.34. The number of nitrogens with one attached hydrogen (secondary N) is 1. The molecule has 1 aliphatic heterocycles. The van der Waals surface area contributed by atoms with E-state index in [2.05, 4.69) is 22.6 Å². The number of ether oxygens (including phenoxy) is 1. The molecule has 0 unspecified atom stereocenters. The lowest BCUT2D eigenvalue weighted by molar-refractivity contribution is -0.128. The van der Waals surface area contributed by atoms with E-state index in [0.29, 0.717) is 13.1 Å². The topological polar surface area (TPSA) is 89.4 Å². The van der Waals surface area contributed by atoms with Crippen molar-refractivity contribution in [3.8, 4) is 0 Å². The van der Waals surface area contributed by atoms with Gasteiger partial charge >= 0.3 is 6.09 Å². The van der Waals surface area contributed by atoms with Crippen molar-refractivity contribution in [3.05, 3.63) is 11.9 Å². The zero-order valence-corrected chi connectivity index (χ0v) is 10.8. The van der Waals surface area contributed by atoms with Gasteiger partial charge in [-0.25, -0.2) is 14.4 Å². The Morgan fingerprint density at radius 2 is 2.42 bits per heavy atom. The molecule has 1 aromatic rings. The molecule has 104 valence electrons. The summed E-state index contributed by atoms with van der Waals surface area (Å²) in [5.74, 6) is -0.333. The Kier molecular flexibility index (Phi) is 4.45. The molecular weight excluding hydrogens is 250 g/mol. The molecular formula is C11H17N5O3. The van der Waals surface area contributed by atoms with Crippen LogP contribution in [0.25, 0.3) is 0 Å². The molecule has 0 saturated carbocycles. The number of hydrogen-bond donors (Lipinski definition) is 1. The van der Waals surface area contributed by atoms with E-state index in [0.717, 1.165) is 23.6 Å². The van der Waals surface area contributed by atoms with Gasteiger partial charge in [0.05, 0.1) is 18.4 Å². The molecule has 1 aromatic heterocycles. The highest BCUT2D eigenvalue weighted by Crippen LogP contribution is 2.04. The standard InChI is InChI=1S/C11H17N5O3/c1-2-3-12-6-9-7-15(14-13-9)8-10(17)16-4-5-19-11(16)18/h7,12H,2-6,8H2,1H3. The smallest absolute Gasteiger partial charge is 0.416 e. The summed E-state index contributed by atoms with van der Waals surface area (Å²) in [6.07, 6.45) is 2.15. The Bertz CT molecular complexity index is 459. The highest BCUT2D eigenvalue weighted by molar-refractivity contribution is 5.92. The van der Waals surface area contributed by atoms with E-state index in [4.69, 9.17) is 4.74 Å². The highest BCUT2D eigenvalue weighted by atomic mass is 16.6. The van der Waals surface area contributed by atoms with Crippen molar-refractivity contribution in [3.63, 3.8) is 0 Å². The maximum atomic E-state index is 11.8. The zero-order chi connectivity index (χ0) is 13.7. The normalized spacial score (nSPS) is 14.8. The molecule has 2 rings (SSSR count). The second-order valence-corrected chi connectivity index (χ2v) is 4.24. The van der Waals surface area contributed by atoms with E-state index in [-0.39, 0.29) is 19.1 Å². The van der Waals surface area contributed by atoms with Crippen molar-refractivity contribution in [1.82, 2.24) is 25.2 Å². The van der Waals surface area contributed by atoms with Gasteiger partial charge in [0.2, 0.25) is 0 Å². The third kappa shape index (κ3) is 3.50. The number of imide groups is 1. The molecule has 1 fully saturated rings. The molecule has 0 aromatic carbocycles. The van der Waals surface area contributed by atoms with Crippen molar-refractivity contribution in [2.45, 2.75) is 26.4 Å². The number of carbonyl (C=O) groups excluding carboxylic acids is 2. The molecule has 8 heteroatoms. The van der Waals surface area contributed by atoms with Gasteiger partial charge in [0.1, 0.15) is 13.2 Å². The first-order chi connectivity index (χ1) is 9.20. The molecule has 2 amide bonds. The molecule has 0 spiro atoms. The lowest BCUT2D eigenvalue weighted by atomic mass is 10.4. The van der Waals surface area contributed by atoms with E-state index >= 15 is 0 Å². The van der Waals surface area contributed by atoms with Gasteiger partial charge < -0.3 is 10.1 Å². The summed E-state index contributed by atoms with van der Waals surface area (Å²) in [5.41, 5.74) is 0.769. The van der Waals surface area contributed by atoms with Crippen LogP contribution in [0.4, 0.5) is 4.79 Å². The molecule has 1 saturated heterocycles. The van der Waals surface area contributed by atoms with Gasteiger partial charge in [0.15, 0.2) is 0 Å². The Morgan fingerprint density at radius 3 is 3.11 bits per heavy atom. The molecule has 1 aliphatic rings. The number of hydrogen-bond acceptors (Lipinski definition) is 6. The second-order valence-electron chi connectivity index (χ2n) is 4.24. The number of cyclic esters (lactones) is 1. The fraction of sp³-hybridized carbons (Fsp3) is 0.636. The average molecular weight is 267 g/mol. The maximum absolute atomic E-state index is 11.8. The molecule has 2 heterocycles. The van der Waals surface area contributed by atoms with Gasteiger partial charge in [0.25, 0.3) is 5.91 Å². The minimum absolute atomic E-state index is 0.00409. The van der Waals surface area contributed by atoms with Crippen LogP contribution in [0.1, 0.15) is 19.0 Å². The van der Waals surface area contributed by atoms with Gasteiger partial charge in [-0.15, -0.1) is 5.10 Å². The van der Waals surface area contributed by atoms with Crippen LogP contribution in [0, 0.1) is 0 Å². The largest absolute Gasteiger partial charge is 0.447 e. The summed E-state index contributed by atoms with van der Waals surface area (Å²) in [6.45, 7) is 4.16. The number of carbonyl (C=O) groups is 2. The molecule has 1 N–H and O–H groups in total. The lowest BCUT2D eigenvalue weighted by Gasteiger charge is -2.09. The van der Waals surface area contributed by atoms with E-state index < -0.39 is 6.09 Å². The third-order valence-corrected chi connectivity index (χ3v) is 2.68. The Balaban J connectivity index is 1.85. The van der Waals surface area contributed by atoms with Gasteiger partial charge in [-0.05, 0) is 13.0 Å². The minimum Gasteiger partial charge on any atom is -0.447 e. The number of amides is 2. The Hall–Kier alpha value is -1.96. The van der Waals surface area contributed by atoms with Crippen LogP contribution in [0.3, 0.4) is 0 Å². The van der Waals surface area contributed by atoms with E-state index in [1.165, 1.54) is 4.68 Å². The first-order valence-corrected chi connectivity index (χ1v) is 6.27. The predicted molar refractivity (Wildman–Crippen MR) is 65.1 cm³/mol. The zero-order valence-electron chi connectivity index (χ0n) is 10.8. The van der Waals surface area contributed by atoms with Crippen LogP contribution >= 0.6 is 0 Å². The average Bonchev–Trinajstić information content (AvgIpc) is 2.99. The summed E-state index contributed by atoms with van der Waals surface area (Å²) >= 11 is 0. The molecule has 0 aliphatic carbocycles. The van der Waals surface area contributed by atoms with Gasteiger partial charge in [-0.2, -0.15) is 0 Å². The second kappa shape index (κ2) is 6.28. The Labute approximate surface area is 110 Å².